The first kappa shape index (κ1) is 21.2. The number of piperazine rings is 1. The summed E-state index contributed by atoms with van der Waals surface area (Å²) in [6.45, 7) is 12.5. The first-order chi connectivity index (χ1) is 13.2. The van der Waals surface area contributed by atoms with Crippen LogP contribution in [0.4, 0.5) is 5.69 Å². The second kappa shape index (κ2) is 8.44. The Morgan fingerprint density at radius 2 is 1.68 bits per heavy atom. The number of hydrogen-bond donors (Lipinski definition) is 0. The largest absolute Gasteiger partial charge is 0.335 e. The average molecular weight is 423 g/mol. The minimum atomic E-state index is 0.537. The zero-order chi connectivity index (χ0) is 20.6. The second-order valence-corrected chi connectivity index (χ2v) is 8.57. The van der Waals surface area contributed by atoms with Gasteiger partial charge in [0.15, 0.2) is 12.8 Å². The van der Waals surface area contributed by atoms with Gasteiger partial charge >= 0.3 is 0 Å². The number of aliphatic imine (C=N–C) groups is 1. The van der Waals surface area contributed by atoms with Gasteiger partial charge in [-0.2, -0.15) is 0 Å². The van der Waals surface area contributed by atoms with Crippen LogP contribution in [0.2, 0.25) is 10.0 Å². The molecule has 1 saturated heterocycles. The van der Waals surface area contributed by atoms with E-state index in [1.807, 2.05) is 12.1 Å². The molecule has 0 aromatic heterocycles. The van der Waals surface area contributed by atoms with Crippen LogP contribution in [0, 0.1) is 0 Å². The Morgan fingerprint density at radius 3 is 2.25 bits per heavy atom. The molecule has 7 heteroatoms. The molecule has 1 aromatic rings. The molecule has 0 atom stereocenters. The molecule has 1 fully saturated rings. The van der Waals surface area contributed by atoms with E-state index in [9.17, 15) is 0 Å². The number of guanidine groups is 1. The predicted molar refractivity (Wildman–Crippen MR) is 120 cm³/mol. The molecule has 0 N–H and O–H groups in total. The Bertz CT molecular complexity index is 860. The van der Waals surface area contributed by atoms with Crippen LogP contribution in [0.1, 0.15) is 39.7 Å². The number of allylic oxidation sites excluding steroid dienone is 1. The molecule has 0 aliphatic carbocycles. The minimum Gasteiger partial charge on any atom is -0.335 e. The first-order valence-corrected chi connectivity index (χ1v) is 10.6. The van der Waals surface area contributed by atoms with Crippen LogP contribution in [0.5, 0.6) is 0 Å². The monoisotopic (exact) mass is 422 g/mol. The summed E-state index contributed by atoms with van der Waals surface area (Å²) in [5.74, 6) is 0.950. The lowest BCUT2D eigenvalue weighted by atomic mass is 10.0. The van der Waals surface area contributed by atoms with Crippen molar-refractivity contribution in [1.29, 1.82) is 0 Å². The standard InChI is InChI=1S/C21H30Cl2N5/c1-7-15(4)20-16-12-17(22)18(23)13-19(16)24-21(28(20)26(6)14(2)3)27-10-8-25(5)9-11-27/h12-13H,7-11H2,1-6H3/q+1. The Morgan fingerprint density at radius 1 is 1.07 bits per heavy atom. The quantitative estimate of drug-likeness (QED) is 0.508. The molecule has 0 amide bonds. The van der Waals surface area contributed by atoms with Gasteiger partial charge < -0.3 is 9.80 Å². The summed E-state index contributed by atoms with van der Waals surface area (Å²) < 4.78 is 2.18. The van der Waals surface area contributed by atoms with Crippen LogP contribution in [-0.4, -0.2) is 71.4 Å². The number of benzene rings is 1. The smallest absolute Gasteiger partial charge is 0.265 e. The van der Waals surface area contributed by atoms with Gasteiger partial charge in [-0.3, -0.25) is 0 Å². The zero-order valence-corrected chi connectivity index (χ0v) is 19.2. The molecule has 0 bridgehead atoms. The van der Waals surface area contributed by atoms with Crippen molar-refractivity contribution in [2.75, 3.05) is 40.3 Å². The van der Waals surface area contributed by atoms with Gasteiger partial charge in [0.2, 0.25) is 0 Å². The van der Waals surface area contributed by atoms with Crippen LogP contribution in [-0.2, 0) is 0 Å². The molecule has 0 saturated carbocycles. The van der Waals surface area contributed by atoms with Crippen molar-refractivity contribution in [2.45, 2.75) is 34.1 Å². The molecule has 2 aliphatic heterocycles. The van der Waals surface area contributed by atoms with Crippen molar-refractivity contribution in [1.82, 2.24) is 14.8 Å². The van der Waals surface area contributed by atoms with E-state index in [1.54, 1.807) is 0 Å². The summed E-state index contributed by atoms with van der Waals surface area (Å²) in [5.41, 5.74) is 5.52. The SMILES string of the molecule is CCC(C)=C1c2cc(Cl)c(Cl)cc2N=C(N2CCN(C)CC2)N1[N+](C)=C(C)C. The van der Waals surface area contributed by atoms with Crippen molar-refractivity contribution < 1.29 is 4.68 Å². The Labute approximate surface area is 178 Å². The van der Waals surface area contributed by atoms with Gasteiger partial charge in [0.25, 0.3) is 5.96 Å². The van der Waals surface area contributed by atoms with Gasteiger partial charge in [-0.25, -0.2) is 4.99 Å². The second-order valence-electron chi connectivity index (χ2n) is 7.75. The Kier molecular flexibility index (Phi) is 6.37. The fourth-order valence-electron chi connectivity index (χ4n) is 3.46. The minimum absolute atomic E-state index is 0.537. The number of rotatable bonds is 2. The van der Waals surface area contributed by atoms with Crippen LogP contribution in [0.3, 0.4) is 0 Å². The molecule has 2 aliphatic rings. The summed E-state index contributed by atoms with van der Waals surface area (Å²) >= 11 is 12.7. The van der Waals surface area contributed by atoms with Gasteiger partial charge in [0.1, 0.15) is 5.70 Å². The highest BCUT2D eigenvalue weighted by Crippen LogP contribution is 2.41. The lowest BCUT2D eigenvalue weighted by Crippen LogP contribution is -2.55. The average Bonchev–Trinajstić information content (AvgIpc) is 2.67. The number of fused-ring (bicyclic) bond motifs is 1. The Balaban J connectivity index is 2.26. The highest BCUT2D eigenvalue weighted by molar-refractivity contribution is 6.42. The summed E-state index contributed by atoms with van der Waals surface area (Å²) in [5, 5.41) is 3.33. The van der Waals surface area contributed by atoms with E-state index in [0.717, 1.165) is 55.5 Å². The Hall–Kier alpha value is -1.56. The van der Waals surface area contributed by atoms with Gasteiger partial charge in [0, 0.05) is 45.6 Å². The van der Waals surface area contributed by atoms with Gasteiger partial charge in [-0.15, -0.1) is 4.68 Å². The van der Waals surface area contributed by atoms with E-state index in [-0.39, 0.29) is 0 Å². The lowest BCUT2D eigenvalue weighted by Gasteiger charge is -2.39. The van der Waals surface area contributed by atoms with E-state index < -0.39 is 0 Å². The maximum Gasteiger partial charge on any atom is 0.265 e. The number of hydrogen-bond acceptors (Lipinski definition) is 4. The maximum absolute atomic E-state index is 6.39. The van der Waals surface area contributed by atoms with Gasteiger partial charge in [0.05, 0.1) is 15.7 Å². The highest BCUT2D eigenvalue weighted by atomic mass is 35.5. The van der Waals surface area contributed by atoms with Crippen molar-refractivity contribution in [2.24, 2.45) is 4.99 Å². The molecule has 3 rings (SSSR count). The van der Waals surface area contributed by atoms with Gasteiger partial charge in [-0.1, -0.05) is 35.1 Å². The molecule has 5 nitrogen and oxygen atoms in total. The van der Waals surface area contributed by atoms with Crippen molar-refractivity contribution >= 4 is 46.3 Å². The van der Waals surface area contributed by atoms with Crippen LogP contribution in [0.25, 0.3) is 5.70 Å². The number of likely N-dealkylation sites (N-methyl/N-ethyl adjacent to an activating group) is 1. The number of hydrazone groups is 1. The third-order valence-corrected chi connectivity index (χ3v) is 6.31. The third kappa shape index (κ3) is 3.93. The molecular weight excluding hydrogens is 393 g/mol. The molecule has 28 heavy (non-hydrogen) atoms. The number of nitrogens with zero attached hydrogens (tertiary/aromatic N) is 5. The number of halogens is 2. The third-order valence-electron chi connectivity index (χ3n) is 5.58. The fraction of sp³-hybridized carbons (Fsp3) is 0.524. The van der Waals surface area contributed by atoms with E-state index in [1.165, 1.54) is 11.3 Å². The summed E-state index contributed by atoms with van der Waals surface area (Å²) in [4.78, 5) is 9.79. The van der Waals surface area contributed by atoms with Crippen LogP contribution < -0.4 is 0 Å². The normalized spacial score (nSPS) is 19.4. The molecule has 0 unspecified atom stereocenters. The van der Waals surface area contributed by atoms with Crippen molar-refractivity contribution in [3.63, 3.8) is 0 Å². The maximum atomic E-state index is 6.39. The van der Waals surface area contributed by atoms with E-state index in [4.69, 9.17) is 28.2 Å². The topological polar surface area (TPSA) is 25.1 Å². The van der Waals surface area contributed by atoms with Crippen molar-refractivity contribution in [3.05, 3.63) is 33.3 Å². The van der Waals surface area contributed by atoms with E-state index in [0.29, 0.717) is 10.0 Å². The zero-order valence-electron chi connectivity index (χ0n) is 17.7. The summed E-state index contributed by atoms with van der Waals surface area (Å²) in [6.07, 6.45) is 0.943. The number of hydrazine groups is 1. The highest BCUT2D eigenvalue weighted by Gasteiger charge is 2.37. The van der Waals surface area contributed by atoms with E-state index >= 15 is 0 Å². The fourth-order valence-corrected chi connectivity index (χ4v) is 3.78. The van der Waals surface area contributed by atoms with Crippen molar-refractivity contribution in [3.8, 4) is 0 Å². The van der Waals surface area contributed by atoms with E-state index in [2.05, 4.69) is 61.3 Å². The lowest BCUT2D eigenvalue weighted by molar-refractivity contribution is -0.626. The predicted octanol–water partition coefficient (Wildman–Crippen LogP) is 4.72. The molecule has 2 heterocycles. The van der Waals surface area contributed by atoms with Crippen LogP contribution >= 0.6 is 23.2 Å². The molecule has 0 radical (unpaired) electrons. The summed E-state index contributed by atoms with van der Waals surface area (Å²) in [7, 11) is 4.25. The van der Waals surface area contributed by atoms with Gasteiger partial charge in [-0.05, 0) is 38.1 Å². The molecular formula is C21H30Cl2N5+. The molecule has 1 aromatic carbocycles. The van der Waals surface area contributed by atoms with Crippen LogP contribution in [0.15, 0.2) is 22.7 Å². The molecule has 0 spiro atoms. The first-order valence-electron chi connectivity index (χ1n) is 9.79. The summed E-state index contributed by atoms with van der Waals surface area (Å²) in [6, 6.07) is 3.84. The molecule has 152 valence electrons.